The van der Waals surface area contributed by atoms with Crippen LogP contribution in [0.2, 0.25) is 0 Å². The Morgan fingerprint density at radius 1 is 0.745 bits per heavy atom. The lowest BCUT2D eigenvalue weighted by atomic mass is 9.77. The lowest BCUT2D eigenvalue weighted by molar-refractivity contribution is 0.310. The molecule has 0 aliphatic heterocycles. The molecule has 0 amide bonds. The van der Waals surface area contributed by atoms with Crippen molar-refractivity contribution in [3.05, 3.63) is 232 Å². The van der Waals surface area contributed by atoms with Crippen molar-refractivity contribution in [2.24, 2.45) is 0 Å². The summed E-state index contributed by atoms with van der Waals surface area (Å²) in [7, 11) is -3.98. The van der Waals surface area contributed by atoms with Crippen LogP contribution in [0.15, 0.2) is 198 Å². The van der Waals surface area contributed by atoms with Gasteiger partial charge in [0.05, 0.1) is 28.5 Å². The number of hydrogen-bond donors (Lipinski definition) is 0. The first-order valence-corrected chi connectivity index (χ1v) is 20.3. The quantitative estimate of drug-likeness (QED) is 0.103. The predicted octanol–water partition coefficient (Wildman–Crippen LogP) is 10.3. The van der Waals surface area contributed by atoms with E-state index in [2.05, 4.69) is 106 Å². The summed E-state index contributed by atoms with van der Waals surface area (Å²) in [6.45, 7) is 0.0705. The van der Waals surface area contributed by atoms with Crippen molar-refractivity contribution in [2.45, 2.75) is 35.9 Å². The van der Waals surface area contributed by atoms with E-state index in [0.717, 1.165) is 32.4 Å². The van der Waals surface area contributed by atoms with Crippen LogP contribution in [0, 0.1) is 11.3 Å². The number of imidazole rings is 1. The highest BCUT2D eigenvalue weighted by molar-refractivity contribution is 9.10. The Bertz CT molecular complexity index is 2410. The minimum absolute atomic E-state index is 0.0705. The Kier molecular flexibility index (Phi) is 11.6. The Hall–Kier alpha value is -5.85. The van der Waals surface area contributed by atoms with Gasteiger partial charge >= 0.3 is 0 Å². The van der Waals surface area contributed by atoms with E-state index in [1.54, 1.807) is 46.8 Å². The minimum Gasteiger partial charge on any atom is -0.318 e. The highest BCUT2D eigenvalue weighted by Crippen LogP contribution is 2.41. The van der Waals surface area contributed by atoms with Gasteiger partial charge in [0.1, 0.15) is 5.54 Å². The summed E-state index contributed by atoms with van der Waals surface area (Å²) in [5.74, 6) is 0. The van der Waals surface area contributed by atoms with E-state index in [4.69, 9.17) is 4.98 Å². The van der Waals surface area contributed by atoms with Gasteiger partial charge in [-0.15, -0.1) is 0 Å². The molecule has 0 bridgehead atoms. The van der Waals surface area contributed by atoms with Crippen molar-refractivity contribution in [3.8, 4) is 6.07 Å². The lowest BCUT2D eigenvalue weighted by Crippen LogP contribution is -2.41. The van der Waals surface area contributed by atoms with E-state index < -0.39 is 21.6 Å². The second-order valence-electron chi connectivity index (χ2n) is 13.3. The third-order valence-electron chi connectivity index (χ3n) is 9.83. The molecule has 0 N–H and O–H groups in total. The number of sulfonamides is 1. The van der Waals surface area contributed by atoms with E-state index in [1.165, 1.54) is 0 Å². The van der Waals surface area contributed by atoms with Gasteiger partial charge in [0.25, 0.3) is 0 Å². The monoisotopic (exact) mass is 802 g/mol. The van der Waals surface area contributed by atoms with E-state index >= 15 is 0 Å². The van der Waals surface area contributed by atoms with Gasteiger partial charge < -0.3 is 4.57 Å². The first-order valence-electron chi connectivity index (χ1n) is 18.1. The molecule has 1 heterocycles. The summed E-state index contributed by atoms with van der Waals surface area (Å²) in [4.78, 5) is 5.10. The van der Waals surface area contributed by atoms with Gasteiger partial charge in [-0.3, -0.25) is 0 Å². The first kappa shape index (κ1) is 37.5. The molecule has 0 spiro atoms. The number of rotatable bonds is 14. The van der Waals surface area contributed by atoms with E-state index in [1.807, 2.05) is 73.1 Å². The number of aromatic nitrogens is 2. The highest BCUT2D eigenvalue weighted by Gasteiger charge is 2.38. The van der Waals surface area contributed by atoms with Crippen LogP contribution in [0.4, 0.5) is 0 Å². The van der Waals surface area contributed by atoms with Crippen LogP contribution in [-0.4, -0.2) is 28.3 Å². The molecular formula is C47H39BrN4O2S. The zero-order chi connectivity index (χ0) is 38.1. The van der Waals surface area contributed by atoms with Gasteiger partial charge in [0.15, 0.2) is 0 Å². The molecule has 0 aliphatic rings. The maximum atomic E-state index is 14.6. The van der Waals surface area contributed by atoms with Crippen molar-refractivity contribution < 1.29 is 8.42 Å². The van der Waals surface area contributed by atoms with Crippen LogP contribution in [0.3, 0.4) is 0 Å². The average Bonchev–Trinajstić information content (AvgIpc) is 3.71. The molecule has 0 fully saturated rings. The Morgan fingerprint density at radius 3 is 1.82 bits per heavy atom. The standard InChI is InChI=1S/C47H39BrN4O2S/c48-46-30-29-38(33-49)31-39(46)34-52(55(53,54)45-27-14-5-15-28-45)44(32-37-17-6-1-7-18-37)26-16-25-43-35-51(36-50-43)47(40-19-8-2-9-20-40,41-21-10-3-11-22-41)42-23-12-4-13-24-42/h1-25,27-31,35-36,44H,26,32,34H2/t44-/m1/s1. The molecule has 0 radical (unpaired) electrons. The van der Waals surface area contributed by atoms with Crippen molar-refractivity contribution >= 4 is 32.0 Å². The third kappa shape index (κ3) is 8.15. The molecule has 0 aliphatic carbocycles. The number of nitrogens with zero attached hydrogens (tertiary/aromatic N) is 4. The predicted molar refractivity (Wildman–Crippen MR) is 222 cm³/mol. The van der Waals surface area contributed by atoms with Crippen LogP contribution in [0.1, 0.15) is 45.5 Å². The molecular weight excluding hydrogens is 765 g/mol. The summed E-state index contributed by atoms with van der Waals surface area (Å²) in [6.07, 6.45) is 8.80. The molecule has 0 saturated carbocycles. The fourth-order valence-electron chi connectivity index (χ4n) is 7.20. The van der Waals surface area contributed by atoms with Gasteiger partial charge in [-0.25, -0.2) is 13.4 Å². The second kappa shape index (κ2) is 17.1. The fraction of sp³-hybridized carbons (Fsp3) is 0.106. The smallest absolute Gasteiger partial charge is 0.243 e. The Balaban J connectivity index is 1.29. The molecule has 8 heteroatoms. The van der Waals surface area contributed by atoms with Crippen molar-refractivity contribution in [2.75, 3.05) is 0 Å². The molecule has 6 aromatic carbocycles. The topological polar surface area (TPSA) is 79.0 Å². The van der Waals surface area contributed by atoms with E-state index in [0.29, 0.717) is 24.0 Å². The minimum atomic E-state index is -3.98. The van der Waals surface area contributed by atoms with Crippen LogP contribution in [0.5, 0.6) is 0 Å². The molecule has 272 valence electrons. The average molecular weight is 804 g/mol. The van der Waals surface area contributed by atoms with E-state index in [-0.39, 0.29) is 11.4 Å². The largest absolute Gasteiger partial charge is 0.318 e. The molecule has 7 rings (SSSR count). The molecule has 1 atom stereocenters. The summed E-state index contributed by atoms with van der Waals surface area (Å²) in [5, 5.41) is 9.69. The second-order valence-corrected chi connectivity index (χ2v) is 16.0. The number of halogens is 1. The molecule has 7 aromatic rings. The first-order chi connectivity index (χ1) is 26.9. The summed E-state index contributed by atoms with van der Waals surface area (Å²) >= 11 is 3.62. The fourth-order valence-corrected chi connectivity index (χ4v) is 9.21. The van der Waals surface area contributed by atoms with Crippen LogP contribution in [0.25, 0.3) is 6.08 Å². The summed E-state index contributed by atoms with van der Waals surface area (Å²) in [5.41, 5.74) is 5.51. The number of benzene rings is 6. The van der Waals surface area contributed by atoms with Gasteiger partial charge in [0.2, 0.25) is 10.0 Å². The SMILES string of the molecule is N#Cc1ccc(Br)c(CN([C@H](CC=Cc2cn(C(c3ccccc3)(c3ccccc3)c3ccccc3)cn2)Cc2ccccc2)S(=O)(=O)c2ccccc2)c1. The number of nitriles is 1. The van der Waals surface area contributed by atoms with Gasteiger partial charge in [0, 0.05) is 23.3 Å². The van der Waals surface area contributed by atoms with Crippen LogP contribution >= 0.6 is 15.9 Å². The Morgan fingerprint density at radius 2 is 1.27 bits per heavy atom. The summed E-state index contributed by atoms with van der Waals surface area (Å²) in [6, 6.07) is 56.8. The molecule has 0 saturated heterocycles. The highest BCUT2D eigenvalue weighted by atomic mass is 79.9. The normalized spacial score (nSPS) is 12.5. The van der Waals surface area contributed by atoms with Crippen molar-refractivity contribution in [3.63, 3.8) is 0 Å². The van der Waals surface area contributed by atoms with Gasteiger partial charge in [-0.1, -0.05) is 162 Å². The lowest BCUT2D eigenvalue weighted by Gasteiger charge is -2.37. The van der Waals surface area contributed by atoms with Crippen LogP contribution < -0.4 is 0 Å². The Labute approximate surface area is 331 Å². The molecule has 6 nitrogen and oxygen atoms in total. The van der Waals surface area contributed by atoms with Gasteiger partial charge in [-0.2, -0.15) is 9.57 Å². The zero-order valence-corrected chi connectivity index (χ0v) is 32.5. The maximum Gasteiger partial charge on any atom is 0.243 e. The number of hydrogen-bond acceptors (Lipinski definition) is 4. The van der Waals surface area contributed by atoms with Gasteiger partial charge in [-0.05, 0) is 77.1 Å². The van der Waals surface area contributed by atoms with Crippen molar-refractivity contribution in [1.82, 2.24) is 13.9 Å². The third-order valence-corrected chi connectivity index (χ3v) is 12.5. The van der Waals surface area contributed by atoms with Crippen LogP contribution in [-0.2, 0) is 28.5 Å². The van der Waals surface area contributed by atoms with E-state index in [9.17, 15) is 13.7 Å². The summed E-state index contributed by atoms with van der Waals surface area (Å²) < 4.78 is 33.7. The molecule has 55 heavy (non-hydrogen) atoms. The van der Waals surface area contributed by atoms with Crippen molar-refractivity contribution in [1.29, 1.82) is 5.26 Å². The molecule has 1 aromatic heterocycles. The zero-order valence-electron chi connectivity index (χ0n) is 30.1. The maximum absolute atomic E-state index is 14.6. The molecule has 0 unspecified atom stereocenters.